The molecule has 2 nitrogen and oxygen atoms in total. The maximum absolute atomic E-state index is 10.3. The minimum absolute atomic E-state index is 0.225. The smallest absolute Gasteiger partial charge is 0.0812 e. The van der Waals surface area contributed by atoms with E-state index < -0.39 is 0 Å². The number of rotatable bonds is 3. The molecule has 0 saturated heterocycles. The zero-order valence-corrected chi connectivity index (χ0v) is 13.9. The fourth-order valence-electron chi connectivity index (χ4n) is 4.34. The molecule has 1 atom stereocenters. The molecule has 0 amide bonds. The largest absolute Gasteiger partial charge is 0.388 e. The molecule has 0 aromatic carbocycles. The van der Waals surface area contributed by atoms with Crippen LogP contribution in [0.2, 0.25) is 0 Å². The second-order valence-electron chi connectivity index (χ2n) is 8.39. The topological polar surface area (TPSA) is 25.2 Å². The van der Waals surface area contributed by atoms with Crippen molar-refractivity contribution < 1.29 is 5.11 Å². The maximum Gasteiger partial charge on any atom is 0.0812 e. The van der Waals surface area contributed by atoms with Gasteiger partial charge in [-0.15, -0.1) is 0 Å². The molecule has 2 aliphatic carbocycles. The third-order valence-corrected chi connectivity index (χ3v) is 5.78. The standard InChI is InChI=1S/C19H31NO/c1-14-4-6-15(7-5-14)8-10-20-11-9-16-17(20)12-19(2,3)13-18(16)21/h9,11,14-15,18,21H,4-8,10,12-13H2,1-3H3. The average Bonchev–Trinajstić information content (AvgIpc) is 2.80. The molecule has 0 bridgehead atoms. The summed E-state index contributed by atoms with van der Waals surface area (Å²) in [6, 6.07) is 2.15. The third kappa shape index (κ3) is 3.36. The first-order valence-electron chi connectivity index (χ1n) is 8.80. The van der Waals surface area contributed by atoms with Gasteiger partial charge >= 0.3 is 0 Å². The van der Waals surface area contributed by atoms with Gasteiger partial charge in [-0.25, -0.2) is 0 Å². The van der Waals surface area contributed by atoms with Crippen LogP contribution in [0.1, 0.15) is 76.7 Å². The van der Waals surface area contributed by atoms with Gasteiger partial charge in [-0.2, -0.15) is 0 Å². The van der Waals surface area contributed by atoms with Gasteiger partial charge in [0.25, 0.3) is 0 Å². The van der Waals surface area contributed by atoms with Crippen molar-refractivity contribution in [3.05, 3.63) is 23.5 Å². The Kier molecular flexibility index (Phi) is 4.18. The molecular formula is C19H31NO. The number of aliphatic hydroxyl groups excluding tert-OH is 1. The highest BCUT2D eigenvalue weighted by molar-refractivity contribution is 5.29. The summed E-state index contributed by atoms with van der Waals surface area (Å²) >= 11 is 0. The van der Waals surface area contributed by atoms with Crippen LogP contribution in [-0.2, 0) is 13.0 Å². The summed E-state index contributed by atoms with van der Waals surface area (Å²) in [5, 5.41) is 10.3. The highest BCUT2D eigenvalue weighted by Crippen LogP contribution is 2.41. The van der Waals surface area contributed by atoms with E-state index in [9.17, 15) is 5.11 Å². The predicted octanol–water partition coefficient (Wildman–Crippen LogP) is 4.71. The van der Waals surface area contributed by atoms with E-state index in [-0.39, 0.29) is 11.5 Å². The number of aliphatic hydroxyl groups is 1. The molecule has 3 rings (SSSR count). The van der Waals surface area contributed by atoms with Crippen LogP contribution in [0, 0.1) is 17.3 Å². The zero-order valence-electron chi connectivity index (χ0n) is 13.9. The van der Waals surface area contributed by atoms with Crippen LogP contribution in [0.4, 0.5) is 0 Å². The number of aromatic nitrogens is 1. The van der Waals surface area contributed by atoms with Crippen molar-refractivity contribution in [1.82, 2.24) is 4.57 Å². The lowest BCUT2D eigenvalue weighted by atomic mass is 9.75. The van der Waals surface area contributed by atoms with Crippen LogP contribution in [0.15, 0.2) is 12.3 Å². The van der Waals surface area contributed by atoms with Gasteiger partial charge in [-0.3, -0.25) is 0 Å². The Labute approximate surface area is 129 Å². The van der Waals surface area contributed by atoms with E-state index in [1.807, 2.05) is 0 Å². The van der Waals surface area contributed by atoms with Crippen LogP contribution in [0.5, 0.6) is 0 Å². The van der Waals surface area contributed by atoms with Crippen molar-refractivity contribution in [3.63, 3.8) is 0 Å². The van der Waals surface area contributed by atoms with Gasteiger partial charge in [-0.05, 0) is 42.6 Å². The first kappa shape index (κ1) is 15.1. The van der Waals surface area contributed by atoms with Crippen molar-refractivity contribution in [2.45, 2.75) is 78.4 Å². The lowest BCUT2D eigenvalue weighted by molar-refractivity contribution is 0.0977. The highest BCUT2D eigenvalue weighted by Gasteiger charge is 2.33. The second kappa shape index (κ2) is 5.79. The maximum atomic E-state index is 10.3. The van der Waals surface area contributed by atoms with Crippen LogP contribution in [-0.4, -0.2) is 9.67 Å². The average molecular weight is 289 g/mol. The molecule has 1 heterocycles. The van der Waals surface area contributed by atoms with Crippen molar-refractivity contribution in [1.29, 1.82) is 0 Å². The van der Waals surface area contributed by atoms with E-state index in [1.165, 1.54) is 43.4 Å². The normalized spacial score (nSPS) is 31.9. The molecule has 1 aromatic heterocycles. The summed E-state index contributed by atoms with van der Waals surface area (Å²) in [6.45, 7) is 8.08. The van der Waals surface area contributed by atoms with Gasteiger partial charge in [0, 0.05) is 24.0 Å². The van der Waals surface area contributed by atoms with Crippen LogP contribution < -0.4 is 0 Å². The molecule has 2 aliphatic rings. The molecule has 0 radical (unpaired) electrons. The lowest BCUT2D eigenvalue weighted by Gasteiger charge is -2.34. The summed E-state index contributed by atoms with van der Waals surface area (Å²) in [5.74, 6) is 1.86. The third-order valence-electron chi connectivity index (χ3n) is 5.78. The van der Waals surface area contributed by atoms with Gasteiger partial charge in [0.2, 0.25) is 0 Å². The summed E-state index contributed by atoms with van der Waals surface area (Å²) < 4.78 is 2.43. The molecule has 1 saturated carbocycles. The number of hydrogen-bond acceptors (Lipinski definition) is 1. The quantitative estimate of drug-likeness (QED) is 0.856. The van der Waals surface area contributed by atoms with Crippen LogP contribution in [0.25, 0.3) is 0 Å². The van der Waals surface area contributed by atoms with E-state index in [0.29, 0.717) is 0 Å². The molecule has 0 aliphatic heterocycles. The van der Waals surface area contributed by atoms with Crippen molar-refractivity contribution >= 4 is 0 Å². The summed E-state index contributed by atoms with van der Waals surface area (Å²) in [4.78, 5) is 0. The fraction of sp³-hybridized carbons (Fsp3) is 0.789. The lowest BCUT2D eigenvalue weighted by Crippen LogP contribution is -2.27. The summed E-state index contributed by atoms with van der Waals surface area (Å²) in [7, 11) is 0. The Bertz CT molecular complexity index is 480. The molecule has 1 unspecified atom stereocenters. The minimum atomic E-state index is -0.263. The molecule has 21 heavy (non-hydrogen) atoms. The van der Waals surface area contributed by atoms with Gasteiger partial charge in [0.15, 0.2) is 0 Å². The van der Waals surface area contributed by atoms with Crippen LogP contribution >= 0.6 is 0 Å². The second-order valence-corrected chi connectivity index (χ2v) is 8.39. The molecule has 0 spiro atoms. The molecular weight excluding hydrogens is 258 g/mol. The highest BCUT2D eigenvalue weighted by atomic mass is 16.3. The first-order chi connectivity index (χ1) is 9.94. The van der Waals surface area contributed by atoms with Crippen molar-refractivity contribution in [3.8, 4) is 0 Å². The fourth-order valence-corrected chi connectivity index (χ4v) is 4.34. The van der Waals surface area contributed by atoms with Gasteiger partial charge in [-0.1, -0.05) is 46.5 Å². The number of hydrogen-bond donors (Lipinski definition) is 1. The van der Waals surface area contributed by atoms with Crippen molar-refractivity contribution in [2.75, 3.05) is 0 Å². The number of aryl methyl sites for hydroxylation is 1. The van der Waals surface area contributed by atoms with E-state index >= 15 is 0 Å². The van der Waals surface area contributed by atoms with E-state index in [0.717, 1.165) is 31.2 Å². The molecule has 2 heteroatoms. The Morgan fingerprint density at radius 2 is 1.95 bits per heavy atom. The molecule has 1 N–H and O–H groups in total. The monoisotopic (exact) mass is 289 g/mol. The van der Waals surface area contributed by atoms with Gasteiger partial charge in [0.05, 0.1) is 6.10 Å². The predicted molar refractivity (Wildman–Crippen MR) is 87.2 cm³/mol. The molecule has 1 aromatic rings. The zero-order chi connectivity index (χ0) is 15.0. The molecule has 118 valence electrons. The van der Waals surface area contributed by atoms with E-state index in [1.54, 1.807) is 0 Å². The van der Waals surface area contributed by atoms with E-state index in [4.69, 9.17) is 0 Å². The van der Waals surface area contributed by atoms with Gasteiger partial charge in [0.1, 0.15) is 0 Å². The van der Waals surface area contributed by atoms with E-state index in [2.05, 4.69) is 37.6 Å². The van der Waals surface area contributed by atoms with Gasteiger partial charge < -0.3 is 9.67 Å². The number of nitrogens with zero attached hydrogens (tertiary/aromatic N) is 1. The summed E-state index contributed by atoms with van der Waals surface area (Å²) in [5.41, 5.74) is 2.80. The number of fused-ring (bicyclic) bond motifs is 1. The Morgan fingerprint density at radius 1 is 1.24 bits per heavy atom. The Balaban J connectivity index is 1.65. The van der Waals surface area contributed by atoms with Crippen LogP contribution in [0.3, 0.4) is 0 Å². The van der Waals surface area contributed by atoms with Crippen molar-refractivity contribution in [2.24, 2.45) is 17.3 Å². The summed E-state index contributed by atoms with van der Waals surface area (Å²) in [6.07, 6.45) is 10.9. The SMILES string of the molecule is CC1CCC(CCn2ccc3c2CC(C)(C)CC3O)CC1. The minimum Gasteiger partial charge on any atom is -0.388 e. The Hall–Kier alpha value is -0.760. The Morgan fingerprint density at radius 3 is 2.67 bits per heavy atom. The molecule has 1 fully saturated rings. The first-order valence-corrected chi connectivity index (χ1v) is 8.80.